The van der Waals surface area contributed by atoms with Crippen LogP contribution in [0.3, 0.4) is 0 Å². The van der Waals surface area contributed by atoms with Crippen LogP contribution in [-0.2, 0) is 19.8 Å². The third-order valence-electron chi connectivity index (χ3n) is 7.00. The fraction of sp³-hybridized carbons (Fsp3) is 0.212. The molecule has 4 aromatic carbocycles. The van der Waals surface area contributed by atoms with E-state index in [-0.39, 0.29) is 12.1 Å². The topological polar surface area (TPSA) is 32.7 Å². The second-order valence-electron chi connectivity index (χ2n) is 9.97. The molecule has 0 fully saturated rings. The average molecular weight is 476 g/mol. The van der Waals surface area contributed by atoms with E-state index in [2.05, 4.69) is 92.4 Å². The molecule has 4 aromatic rings. The molecule has 3 nitrogen and oxygen atoms in total. The van der Waals surface area contributed by atoms with Crippen LogP contribution < -0.4 is 9.64 Å². The van der Waals surface area contributed by atoms with E-state index >= 15 is 0 Å². The maximum absolute atomic E-state index is 10.7. The van der Waals surface area contributed by atoms with Crippen molar-refractivity contribution in [2.75, 3.05) is 4.90 Å². The van der Waals surface area contributed by atoms with E-state index in [4.69, 9.17) is 4.74 Å². The molecule has 182 valence electrons. The van der Waals surface area contributed by atoms with E-state index in [0.29, 0.717) is 6.61 Å². The molecule has 5 rings (SSSR count). The highest BCUT2D eigenvalue weighted by Crippen LogP contribution is 2.45. The van der Waals surface area contributed by atoms with Gasteiger partial charge in [-0.05, 0) is 60.7 Å². The van der Waals surface area contributed by atoms with E-state index in [0.717, 1.165) is 45.8 Å². The molecule has 0 aliphatic carbocycles. The predicted octanol–water partition coefficient (Wildman–Crippen LogP) is 7.63. The van der Waals surface area contributed by atoms with Crippen LogP contribution >= 0.6 is 0 Å². The first-order valence-corrected chi connectivity index (χ1v) is 12.5. The molecule has 36 heavy (non-hydrogen) atoms. The molecule has 0 spiro atoms. The summed E-state index contributed by atoms with van der Waals surface area (Å²) in [5.74, 6) is 0.815. The Morgan fingerprint density at radius 3 is 2.08 bits per heavy atom. The van der Waals surface area contributed by atoms with Gasteiger partial charge in [0.25, 0.3) is 0 Å². The molecule has 0 saturated heterocycles. The van der Waals surface area contributed by atoms with Crippen LogP contribution in [0.1, 0.15) is 43.0 Å². The quantitative estimate of drug-likeness (QED) is 0.298. The smallest absolute Gasteiger partial charge is 0.127 e. The lowest BCUT2D eigenvalue weighted by molar-refractivity contribution is 0.281. The van der Waals surface area contributed by atoms with Crippen LogP contribution in [0.5, 0.6) is 5.75 Å². The zero-order valence-corrected chi connectivity index (χ0v) is 21.2. The number of rotatable bonds is 7. The number of para-hydroxylation sites is 1. The number of benzene rings is 4. The summed E-state index contributed by atoms with van der Waals surface area (Å²) in [7, 11) is 0. The van der Waals surface area contributed by atoms with E-state index in [1.54, 1.807) is 0 Å². The third-order valence-corrected chi connectivity index (χ3v) is 7.00. The summed E-state index contributed by atoms with van der Waals surface area (Å²) in [6.07, 6.45) is 2.32. The summed E-state index contributed by atoms with van der Waals surface area (Å²) >= 11 is 0. The monoisotopic (exact) mass is 475 g/mol. The first-order valence-electron chi connectivity index (χ1n) is 12.5. The molecule has 0 unspecified atom stereocenters. The molecule has 0 saturated carbocycles. The Balaban J connectivity index is 1.57. The van der Waals surface area contributed by atoms with Crippen molar-refractivity contribution in [1.82, 2.24) is 0 Å². The van der Waals surface area contributed by atoms with Gasteiger partial charge in [0.2, 0.25) is 0 Å². The fourth-order valence-corrected chi connectivity index (χ4v) is 5.31. The van der Waals surface area contributed by atoms with Gasteiger partial charge >= 0.3 is 0 Å². The SMILES string of the molecule is CC1=CC(C)(C)N(Cc2ccccc2)c2ccc(-c3ccccc3OCc3ccccc3)c(CO)c21. The van der Waals surface area contributed by atoms with Gasteiger partial charge in [0.05, 0.1) is 12.1 Å². The number of allylic oxidation sites excluding steroid dienone is 1. The second-order valence-corrected chi connectivity index (χ2v) is 9.97. The fourth-order valence-electron chi connectivity index (χ4n) is 5.31. The molecular weight excluding hydrogens is 442 g/mol. The second kappa shape index (κ2) is 10.0. The van der Waals surface area contributed by atoms with Gasteiger partial charge in [0.1, 0.15) is 12.4 Å². The summed E-state index contributed by atoms with van der Waals surface area (Å²) in [5, 5.41) is 10.7. The minimum atomic E-state index is -0.155. The number of aliphatic hydroxyl groups is 1. The van der Waals surface area contributed by atoms with Crippen LogP contribution in [0.25, 0.3) is 16.7 Å². The third kappa shape index (κ3) is 4.67. The van der Waals surface area contributed by atoms with E-state index in [9.17, 15) is 5.11 Å². The van der Waals surface area contributed by atoms with Gasteiger partial charge < -0.3 is 14.7 Å². The van der Waals surface area contributed by atoms with E-state index in [1.807, 2.05) is 36.4 Å². The number of ether oxygens (including phenoxy) is 1. The average Bonchev–Trinajstić information content (AvgIpc) is 2.90. The number of anilines is 1. The molecule has 1 aliphatic rings. The van der Waals surface area contributed by atoms with Crippen molar-refractivity contribution in [3.63, 3.8) is 0 Å². The highest BCUT2D eigenvalue weighted by atomic mass is 16.5. The number of fused-ring (bicyclic) bond motifs is 1. The lowest BCUT2D eigenvalue weighted by Gasteiger charge is -2.44. The van der Waals surface area contributed by atoms with Gasteiger partial charge in [-0.25, -0.2) is 0 Å². The van der Waals surface area contributed by atoms with Gasteiger partial charge in [-0.2, -0.15) is 0 Å². The van der Waals surface area contributed by atoms with Crippen LogP contribution in [0.2, 0.25) is 0 Å². The molecule has 0 amide bonds. The van der Waals surface area contributed by atoms with Crippen molar-refractivity contribution in [1.29, 1.82) is 0 Å². The van der Waals surface area contributed by atoms with Gasteiger partial charge in [-0.15, -0.1) is 0 Å². The predicted molar refractivity (Wildman–Crippen MR) is 149 cm³/mol. The van der Waals surface area contributed by atoms with Crippen molar-refractivity contribution in [3.05, 3.63) is 125 Å². The lowest BCUT2D eigenvalue weighted by atomic mass is 9.83. The van der Waals surface area contributed by atoms with Crippen LogP contribution in [-0.4, -0.2) is 10.6 Å². The van der Waals surface area contributed by atoms with Gasteiger partial charge in [-0.3, -0.25) is 0 Å². The Morgan fingerprint density at radius 1 is 0.750 bits per heavy atom. The zero-order valence-electron chi connectivity index (χ0n) is 21.2. The van der Waals surface area contributed by atoms with Crippen LogP contribution in [0.15, 0.2) is 103 Å². The zero-order chi connectivity index (χ0) is 25.1. The molecule has 0 radical (unpaired) electrons. The summed E-state index contributed by atoms with van der Waals surface area (Å²) in [5.41, 5.74) is 8.62. The minimum absolute atomic E-state index is 0.0453. The van der Waals surface area contributed by atoms with Gasteiger partial charge in [-0.1, -0.05) is 91.0 Å². The van der Waals surface area contributed by atoms with Crippen LogP contribution in [0, 0.1) is 0 Å². The summed E-state index contributed by atoms with van der Waals surface area (Å²) in [6, 6.07) is 33.2. The molecule has 0 bridgehead atoms. The van der Waals surface area contributed by atoms with Crippen molar-refractivity contribution < 1.29 is 9.84 Å². The lowest BCUT2D eigenvalue weighted by Crippen LogP contribution is -2.44. The largest absolute Gasteiger partial charge is 0.488 e. The molecule has 1 aliphatic heterocycles. The Bertz CT molecular complexity index is 1370. The molecule has 1 heterocycles. The van der Waals surface area contributed by atoms with Crippen LogP contribution in [0.4, 0.5) is 5.69 Å². The van der Waals surface area contributed by atoms with Crippen molar-refractivity contribution in [3.8, 4) is 16.9 Å². The summed E-state index contributed by atoms with van der Waals surface area (Å²) in [4.78, 5) is 2.44. The Hall–Kier alpha value is -3.82. The molecular formula is C33H33NO2. The highest BCUT2D eigenvalue weighted by Gasteiger charge is 2.33. The molecule has 3 heteroatoms. The first-order chi connectivity index (χ1) is 17.5. The molecule has 0 aromatic heterocycles. The molecule has 1 N–H and O–H groups in total. The van der Waals surface area contributed by atoms with Gasteiger partial charge in [0.15, 0.2) is 0 Å². The minimum Gasteiger partial charge on any atom is -0.488 e. The number of nitrogens with zero attached hydrogens (tertiary/aromatic N) is 1. The van der Waals surface area contributed by atoms with E-state index in [1.165, 1.54) is 11.1 Å². The summed E-state index contributed by atoms with van der Waals surface area (Å²) < 4.78 is 6.27. The number of hydrogen-bond acceptors (Lipinski definition) is 3. The standard InChI is InChI=1S/C33H33NO2/c1-24-20-33(2,3)34(21-25-12-6-4-7-13-25)30-19-18-27(29(22-35)32(24)30)28-16-10-11-17-31(28)36-23-26-14-8-5-9-15-26/h4-20,35H,21-23H2,1-3H3. The first kappa shape index (κ1) is 23.9. The van der Waals surface area contributed by atoms with Crippen molar-refractivity contribution in [2.24, 2.45) is 0 Å². The Morgan fingerprint density at radius 2 is 1.39 bits per heavy atom. The maximum Gasteiger partial charge on any atom is 0.127 e. The van der Waals surface area contributed by atoms with Gasteiger partial charge in [0, 0.05) is 23.4 Å². The van der Waals surface area contributed by atoms with Crippen molar-refractivity contribution in [2.45, 2.75) is 46.1 Å². The van der Waals surface area contributed by atoms with Crippen molar-refractivity contribution >= 4 is 11.3 Å². The Kier molecular flexibility index (Phi) is 6.67. The Labute approximate surface area is 214 Å². The van der Waals surface area contributed by atoms with E-state index < -0.39 is 0 Å². The highest BCUT2D eigenvalue weighted by molar-refractivity contribution is 5.89. The number of aliphatic hydroxyl groups excluding tert-OH is 1. The number of hydrogen-bond donors (Lipinski definition) is 1. The maximum atomic E-state index is 10.7. The summed E-state index contributed by atoms with van der Waals surface area (Å²) in [6.45, 7) is 7.90. The molecule has 0 atom stereocenters. The normalized spacial score (nSPS) is 14.2.